The summed E-state index contributed by atoms with van der Waals surface area (Å²) in [6.45, 7) is 2.58. The Balaban J connectivity index is 2.01. The maximum atomic E-state index is 11.3. The van der Waals surface area contributed by atoms with Crippen molar-refractivity contribution in [1.82, 2.24) is 9.97 Å². The molecule has 4 nitrogen and oxygen atoms in total. The molecule has 1 fully saturated rings. The minimum Gasteiger partial charge on any atom is -0.465 e. The Morgan fingerprint density at radius 1 is 1.71 bits per heavy atom. The number of carbonyl (C=O) groups excluding carboxylic acids is 1. The molecule has 0 aliphatic carbocycles. The zero-order valence-corrected chi connectivity index (χ0v) is 8.19. The summed E-state index contributed by atoms with van der Waals surface area (Å²) < 4.78 is 5.04. The maximum Gasteiger partial charge on any atom is 0.309 e. The second-order valence-corrected chi connectivity index (χ2v) is 3.69. The van der Waals surface area contributed by atoms with E-state index in [0.717, 1.165) is 18.5 Å². The van der Waals surface area contributed by atoms with Crippen molar-refractivity contribution in [3.63, 3.8) is 0 Å². The Kier molecular flexibility index (Phi) is 2.52. The predicted octanol–water partition coefficient (Wildman–Crippen LogP) is 1.15. The Hall–Kier alpha value is -1.32. The van der Waals surface area contributed by atoms with Gasteiger partial charge in [-0.05, 0) is 12.8 Å². The van der Waals surface area contributed by atoms with Crippen molar-refractivity contribution in [2.75, 3.05) is 6.61 Å². The smallest absolute Gasteiger partial charge is 0.309 e. The van der Waals surface area contributed by atoms with Crippen LogP contribution >= 0.6 is 0 Å². The van der Waals surface area contributed by atoms with Gasteiger partial charge in [0.2, 0.25) is 0 Å². The van der Waals surface area contributed by atoms with Gasteiger partial charge in [0.25, 0.3) is 0 Å². The Labute approximate surface area is 82.7 Å². The second-order valence-electron chi connectivity index (χ2n) is 3.69. The molecule has 76 valence electrons. The molecule has 2 heterocycles. The van der Waals surface area contributed by atoms with Crippen LogP contribution < -0.4 is 0 Å². The van der Waals surface area contributed by atoms with E-state index in [1.807, 2.05) is 6.92 Å². The minimum absolute atomic E-state index is 0.0444. The molecule has 1 aromatic rings. The summed E-state index contributed by atoms with van der Waals surface area (Å²) in [5.74, 6) is 0.336. The van der Waals surface area contributed by atoms with Crippen LogP contribution in [0.5, 0.6) is 0 Å². The number of ether oxygens (including phenoxy) is 1. The summed E-state index contributed by atoms with van der Waals surface area (Å²) >= 11 is 0. The van der Waals surface area contributed by atoms with Gasteiger partial charge in [-0.25, -0.2) is 4.98 Å². The third-order valence-electron chi connectivity index (χ3n) is 2.79. The lowest BCUT2D eigenvalue weighted by molar-refractivity contribution is -0.141. The van der Waals surface area contributed by atoms with Crippen LogP contribution in [0.4, 0.5) is 0 Å². The largest absolute Gasteiger partial charge is 0.465 e. The predicted molar refractivity (Wildman–Crippen MR) is 50.5 cm³/mol. The standard InChI is InChI=1S/C10H14N2O2/c1-2-9-7(5-14-10(9)13)3-8-4-11-6-12-8/h4,6-7,9H,2-3,5H2,1H3,(H,11,12)/t7-,9-/m0/s1. The Bertz CT molecular complexity index is 308. The van der Waals surface area contributed by atoms with Crippen LogP contribution in [0.3, 0.4) is 0 Å². The van der Waals surface area contributed by atoms with Crippen molar-refractivity contribution >= 4 is 5.97 Å². The average molecular weight is 194 g/mol. The van der Waals surface area contributed by atoms with Gasteiger partial charge >= 0.3 is 5.97 Å². The number of imidazole rings is 1. The van der Waals surface area contributed by atoms with Gasteiger partial charge in [-0.3, -0.25) is 4.79 Å². The molecule has 0 spiro atoms. The number of nitrogens with zero attached hydrogens (tertiary/aromatic N) is 1. The molecule has 4 heteroatoms. The van der Waals surface area contributed by atoms with Crippen molar-refractivity contribution < 1.29 is 9.53 Å². The van der Waals surface area contributed by atoms with Crippen LogP contribution in [0, 0.1) is 11.8 Å². The van der Waals surface area contributed by atoms with Gasteiger partial charge in [0.05, 0.1) is 18.9 Å². The number of hydrogen-bond donors (Lipinski definition) is 1. The summed E-state index contributed by atoms with van der Waals surface area (Å²) in [5, 5.41) is 0. The fourth-order valence-electron chi connectivity index (χ4n) is 1.98. The van der Waals surface area contributed by atoms with Gasteiger partial charge in [-0.15, -0.1) is 0 Å². The summed E-state index contributed by atoms with van der Waals surface area (Å²) in [6, 6.07) is 0. The van der Waals surface area contributed by atoms with Crippen LogP contribution in [0.15, 0.2) is 12.5 Å². The van der Waals surface area contributed by atoms with E-state index in [2.05, 4.69) is 9.97 Å². The van der Waals surface area contributed by atoms with Crippen LogP contribution in [0.2, 0.25) is 0 Å². The number of aromatic nitrogens is 2. The summed E-state index contributed by atoms with van der Waals surface area (Å²) in [5.41, 5.74) is 1.08. The van der Waals surface area contributed by atoms with Crippen molar-refractivity contribution in [2.24, 2.45) is 11.8 Å². The first-order valence-electron chi connectivity index (χ1n) is 4.95. The van der Waals surface area contributed by atoms with Crippen molar-refractivity contribution in [1.29, 1.82) is 0 Å². The van der Waals surface area contributed by atoms with Crippen molar-refractivity contribution in [2.45, 2.75) is 19.8 Å². The fraction of sp³-hybridized carbons (Fsp3) is 0.600. The number of rotatable bonds is 3. The highest BCUT2D eigenvalue weighted by Gasteiger charge is 2.35. The average Bonchev–Trinajstić information content (AvgIpc) is 2.77. The third kappa shape index (κ3) is 1.64. The van der Waals surface area contributed by atoms with Gasteiger partial charge in [-0.2, -0.15) is 0 Å². The molecular formula is C10H14N2O2. The number of carbonyl (C=O) groups is 1. The molecule has 2 rings (SSSR count). The van der Waals surface area contributed by atoms with Gasteiger partial charge in [0.15, 0.2) is 0 Å². The number of aromatic amines is 1. The minimum atomic E-state index is -0.0444. The van der Waals surface area contributed by atoms with E-state index in [-0.39, 0.29) is 11.9 Å². The number of nitrogens with one attached hydrogen (secondary N) is 1. The zero-order chi connectivity index (χ0) is 9.97. The summed E-state index contributed by atoms with van der Waals surface area (Å²) in [4.78, 5) is 18.3. The quantitative estimate of drug-likeness (QED) is 0.734. The Morgan fingerprint density at radius 3 is 3.21 bits per heavy atom. The number of cyclic esters (lactones) is 1. The van der Waals surface area contributed by atoms with E-state index in [1.54, 1.807) is 12.5 Å². The summed E-state index contributed by atoms with van der Waals surface area (Å²) in [7, 11) is 0. The first-order valence-corrected chi connectivity index (χ1v) is 4.95. The third-order valence-corrected chi connectivity index (χ3v) is 2.79. The van der Waals surface area contributed by atoms with Gasteiger partial charge < -0.3 is 9.72 Å². The molecule has 0 saturated carbocycles. The highest BCUT2D eigenvalue weighted by molar-refractivity contribution is 5.74. The molecule has 0 amide bonds. The molecule has 1 aliphatic heterocycles. The molecule has 1 aromatic heterocycles. The molecule has 0 unspecified atom stereocenters. The van der Waals surface area contributed by atoms with Crippen LogP contribution in [0.1, 0.15) is 19.0 Å². The van der Waals surface area contributed by atoms with Crippen molar-refractivity contribution in [3.05, 3.63) is 18.2 Å². The molecule has 0 bridgehead atoms. The van der Waals surface area contributed by atoms with Gasteiger partial charge in [0, 0.05) is 17.8 Å². The highest BCUT2D eigenvalue weighted by atomic mass is 16.5. The van der Waals surface area contributed by atoms with E-state index < -0.39 is 0 Å². The van der Waals surface area contributed by atoms with Crippen molar-refractivity contribution in [3.8, 4) is 0 Å². The lowest BCUT2D eigenvalue weighted by Gasteiger charge is -2.11. The maximum absolute atomic E-state index is 11.3. The van der Waals surface area contributed by atoms with Crippen LogP contribution in [-0.4, -0.2) is 22.5 Å². The zero-order valence-electron chi connectivity index (χ0n) is 8.19. The van der Waals surface area contributed by atoms with E-state index in [1.165, 1.54) is 0 Å². The SMILES string of the molecule is CC[C@@H]1C(=O)OC[C@@H]1Cc1cnc[nH]1. The fourth-order valence-corrected chi connectivity index (χ4v) is 1.98. The molecule has 1 N–H and O–H groups in total. The highest BCUT2D eigenvalue weighted by Crippen LogP contribution is 2.27. The second kappa shape index (κ2) is 3.82. The van der Waals surface area contributed by atoms with E-state index >= 15 is 0 Å². The number of hydrogen-bond acceptors (Lipinski definition) is 3. The number of H-pyrrole nitrogens is 1. The molecule has 0 radical (unpaired) electrons. The first-order chi connectivity index (χ1) is 6.81. The van der Waals surface area contributed by atoms with Crippen LogP contribution in [-0.2, 0) is 16.0 Å². The van der Waals surface area contributed by atoms with E-state index in [0.29, 0.717) is 12.5 Å². The molecular weight excluding hydrogens is 180 g/mol. The molecule has 0 aromatic carbocycles. The normalized spacial score (nSPS) is 26.5. The lowest BCUT2D eigenvalue weighted by Crippen LogP contribution is -2.17. The molecule has 1 saturated heterocycles. The van der Waals surface area contributed by atoms with Crippen LogP contribution in [0.25, 0.3) is 0 Å². The number of esters is 1. The van der Waals surface area contributed by atoms with E-state index in [9.17, 15) is 4.79 Å². The Morgan fingerprint density at radius 2 is 2.57 bits per heavy atom. The lowest BCUT2D eigenvalue weighted by atomic mass is 9.89. The molecule has 2 atom stereocenters. The topological polar surface area (TPSA) is 55.0 Å². The molecule has 14 heavy (non-hydrogen) atoms. The van der Waals surface area contributed by atoms with Gasteiger partial charge in [0.1, 0.15) is 0 Å². The molecule has 1 aliphatic rings. The summed E-state index contributed by atoms with van der Waals surface area (Å²) in [6.07, 6.45) is 5.17. The van der Waals surface area contributed by atoms with Gasteiger partial charge in [-0.1, -0.05) is 6.92 Å². The first kappa shape index (κ1) is 9.24. The van der Waals surface area contributed by atoms with E-state index in [4.69, 9.17) is 4.74 Å². The monoisotopic (exact) mass is 194 g/mol.